The zero-order valence-corrected chi connectivity index (χ0v) is 18.6. The molecule has 0 aliphatic carbocycles. The molecule has 3 aromatic heterocycles. The average Bonchev–Trinajstić information content (AvgIpc) is 3.52. The van der Waals surface area contributed by atoms with Crippen molar-refractivity contribution in [1.29, 1.82) is 0 Å². The number of nitrogens with one attached hydrogen (secondary N) is 4. The molecule has 1 amide bonds. The molecule has 0 unspecified atom stereocenters. The summed E-state index contributed by atoms with van der Waals surface area (Å²) in [5, 5.41) is 15.0. The van der Waals surface area contributed by atoms with Crippen LogP contribution in [0.5, 0.6) is 0 Å². The summed E-state index contributed by atoms with van der Waals surface area (Å²) in [6.07, 6.45) is 7.89. The Balaban J connectivity index is 1.35. The molecule has 5 aromatic rings. The molecule has 0 atom stereocenters. The Hall–Kier alpha value is -5.12. The van der Waals surface area contributed by atoms with Crippen LogP contribution in [0.15, 0.2) is 85.0 Å². The summed E-state index contributed by atoms with van der Waals surface area (Å²) in [5.74, 6) is 0.984. The van der Waals surface area contributed by atoms with Crippen LogP contribution in [0.3, 0.4) is 0 Å². The highest BCUT2D eigenvalue weighted by atomic mass is 16.1. The first kappa shape index (κ1) is 21.7. The number of aromatic nitrogens is 5. The van der Waals surface area contributed by atoms with Gasteiger partial charge in [0.25, 0.3) is 5.91 Å². The van der Waals surface area contributed by atoms with Gasteiger partial charge in [-0.1, -0.05) is 12.1 Å². The van der Waals surface area contributed by atoms with Crippen LogP contribution in [0.4, 0.5) is 11.5 Å². The van der Waals surface area contributed by atoms with E-state index < -0.39 is 0 Å². The molecule has 0 radical (unpaired) electrons. The van der Waals surface area contributed by atoms with Crippen molar-refractivity contribution >= 4 is 39.2 Å². The van der Waals surface area contributed by atoms with E-state index in [1.807, 2.05) is 42.5 Å². The fourth-order valence-corrected chi connectivity index (χ4v) is 3.70. The zero-order chi connectivity index (χ0) is 24.2. The van der Waals surface area contributed by atoms with Crippen molar-refractivity contribution in [2.24, 2.45) is 11.5 Å². The standard InChI is InChI=1S/C25H23N9O/c26-7-5-15(12-27)13-29-25(35)22-10-16-1-2-17(11-21(16)32-22)24-28-8-6-23(33-24)31-19-3-4-20-18(9-19)14-30-34-20/h1-12,14,32H,13,26-27H2,(H,29,35)(H,30,34)(H,28,31,33)/b7-5-,15-12+. The number of nitrogens with zero attached hydrogens (tertiary/aromatic N) is 3. The maximum absolute atomic E-state index is 12.6. The Morgan fingerprint density at radius 3 is 2.80 bits per heavy atom. The molecule has 0 saturated carbocycles. The van der Waals surface area contributed by atoms with Gasteiger partial charge in [0, 0.05) is 40.3 Å². The number of H-pyrrole nitrogens is 2. The summed E-state index contributed by atoms with van der Waals surface area (Å²) >= 11 is 0. The van der Waals surface area contributed by atoms with Crippen molar-refractivity contribution in [3.8, 4) is 11.4 Å². The highest BCUT2D eigenvalue weighted by molar-refractivity contribution is 5.98. The lowest BCUT2D eigenvalue weighted by atomic mass is 10.1. The molecule has 10 heteroatoms. The molecule has 10 nitrogen and oxygen atoms in total. The maximum atomic E-state index is 12.6. The molecule has 3 heterocycles. The van der Waals surface area contributed by atoms with Gasteiger partial charge in [-0.05, 0) is 60.4 Å². The minimum Gasteiger partial charge on any atom is -0.405 e. The van der Waals surface area contributed by atoms with Crippen molar-refractivity contribution in [3.05, 3.63) is 90.7 Å². The lowest BCUT2D eigenvalue weighted by molar-refractivity contribution is 0.0953. The van der Waals surface area contributed by atoms with E-state index in [0.29, 0.717) is 22.9 Å². The molecule has 0 spiro atoms. The average molecular weight is 466 g/mol. The second-order valence-electron chi connectivity index (χ2n) is 7.83. The molecule has 8 N–H and O–H groups in total. The first-order chi connectivity index (χ1) is 17.1. The van der Waals surface area contributed by atoms with Crippen LogP contribution in [0.25, 0.3) is 33.2 Å². The van der Waals surface area contributed by atoms with Gasteiger partial charge in [0.05, 0.1) is 11.7 Å². The zero-order valence-electron chi connectivity index (χ0n) is 18.6. The molecule has 35 heavy (non-hydrogen) atoms. The van der Waals surface area contributed by atoms with Gasteiger partial charge in [0.1, 0.15) is 11.5 Å². The monoisotopic (exact) mass is 465 g/mol. The Labute approximate surface area is 200 Å². The van der Waals surface area contributed by atoms with Gasteiger partial charge in [0.15, 0.2) is 5.82 Å². The molecule has 2 aromatic carbocycles. The molecule has 0 saturated heterocycles. The Bertz CT molecular complexity index is 1580. The van der Waals surface area contributed by atoms with Crippen LogP contribution in [0.1, 0.15) is 10.5 Å². The van der Waals surface area contributed by atoms with Crippen LogP contribution in [-0.2, 0) is 0 Å². The SMILES string of the molecule is N/C=C\C(=C/N)CNC(=O)c1cc2ccc(-c3nccc(Nc4ccc5[nH]ncc5c4)n3)cc2[nH]1. The third kappa shape index (κ3) is 4.67. The minimum absolute atomic E-state index is 0.246. The molecule has 0 aliphatic rings. The second kappa shape index (κ2) is 9.40. The van der Waals surface area contributed by atoms with Crippen molar-refractivity contribution in [2.75, 3.05) is 11.9 Å². The molecule has 174 valence electrons. The highest BCUT2D eigenvalue weighted by Crippen LogP contribution is 2.25. The number of rotatable bonds is 7. The van der Waals surface area contributed by atoms with Gasteiger partial charge in [-0.25, -0.2) is 9.97 Å². The number of hydrogen-bond acceptors (Lipinski definition) is 7. The van der Waals surface area contributed by atoms with Gasteiger partial charge in [-0.3, -0.25) is 9.89 Å². The van der Waals surface area contributed by atoms with Gasteiger partial charge < -0.3 is 27.1 Å². The third-order valence-corrected chi connectivity index (χ3v) is 5.47. The number of carbonyl (C=O) groups excluding carboxylic acids is 1. The first-order valence-corrected chi connectivity index (χ1v) is 10.9. The topological polar surface area (TPSA) is 163 Å². The lowest BCUT2D eigenvalue weighted by Gasteiger charge is -2.07. The van der Waals surface area contributed by atoms with E-state index >= 15 is 0 Å². The quantitative estimate of drug-likeness (QED) is 0.201. The summed E-state index contributed by atoms with van der Waals surface area (Å²) in [4.78, 5) is 24.8. The van der Waals surface area contributed by atoms with Gasteiger partial charge >= 0.3 is 0 Å². The summed E-state index contributed by atoms with van der Waals surface area (Å²) in [7, 11) is 0. The number of aromatic amines is 2. The van der Waals surface area contributed by atoms with E-state index in [2.05, 4.69) is 35.8 Å². The van der Waals surface area contributed by atoms with Crippen LogP contribution in [0, 0.1) is 0 Å². The summed E-state index contributed by atoms with van der Waals surface area (Å²) in [6.45, 7) is 0.269. The number of fused-ring (bicyclic) bond motifs is 2. The van der Waals surface area contributed by atoms with Crippen LogP contribution in [-0.4, -0.2) is 37.6 Å². The molecule has 0 bridgehead atoms. The fraction of sp³-hybridized carbons (Fsp3) is 0.0400. The maximum Gasteiger partial charge on any atom is 0.267 e. The van der Waals surface area contributed by atoms with E-state index in [0.717, 1.165) is 33.1 Å². The predicted molar refractivity (Wildman–Crippen MR) is 137 cm³/mol. The van der Waals surface area contributed by atoms with Crippen molar-refractivity contribution in [1.82, 2.24) is 30.5 Å². The van der Waals surface area contributed by atoms with Gasteiger partial charge in [-0.15, -0.1) is 0 Å². The van der Waals surface area contributed by atoms with Crippen LogP contribution >= 0.6 is 0 Å². The third-order valence-electron chi connectivity index (χ3n) is 5.47. The first-order valence-electron chi connectivity index (χ1n) is 10.9. The number of amides is 1. The normalized spacial score (nSPS) is 11.9. The molecular weight excluding hydrogens is 442 g/mol. The van der Waals surface area contributed by atoms with Crippen molar-refractivity contribution in [3.63, 3.8) is 0 Å². The van der Waals surface area contributed by atoms with E-state index in [4.69, 9.17) is 11.5 Å². The van der Waals surface area contributed by atoms with E-state index in [1.54, 1.807) is 24.5 Å². The van der Waals surface area contributed by atoms with Crippen LogP contribution in [0.2, 0.25) is 0 Å². The van der Waals surface area contributed by atoms with Crippen molar-refractivity contribution in [2.45, 2.75) is 0 Å². The van der Waals surface area contributed by atoms with E-state index in [9.17, 15) is 4.79 Å². The number of carbonyl (C=O) groups is 1. The molecule has 0 fully saturated rings. The second-order valence-corrected chi connectivity index (χ2v) is 7.83. The Morgan fingerprint density at radius 1 is 1.03 bits per heavy atom. The smallest absolute Gasteiger partial charge is 0.267 e. The molecule has 0 aliphatic heterocycles. The van der Waals surface area contributed by atoms with E-state index in [1.165, 1.54) is 12.4 Å². The van der Waals surface area contributed by atoms with Gasteiger partial charge in [-0.2, -0.15) is 5.10 Å². The Morgan fingerprint density at radius 2 is 1.94 bits per heavy atom. The highest BCUT2D eigenvalue weighted by Gasteiger charge is 2.11. The fourth-order valence-electron chi connectivity index (χ4n) is 3.70. The van der Waals surface area contributed by atoms with Crippen molar-refractivity contribution < 1.29 is 4.79 Å². The summed E-state index contributed by atoms with van der Waals surface area (Å²) < 4.78 is 0. The van der Waals surface area contributed by atoms with Crippen LogP contribution < -0.4 is 22.1 Å². The summed E-state index contributed by atoms with van der Waals surface area (Å²) in [5.41, 5.74) is 15.6. The molecular formula is C25H23N9O. The minimum atomic E-state index is -0.246. The number of benzene rings is 2. The Kier molecular flexibility index (Phi) is 5.83. The van der Waals surface area contributed by atoms with Gasteiger partial charge in [0.2, 0.25) is 0 Å². The number of nitrogens with two attached hydrogens (primary N) is 2. The number of anilines is 2. The summed E-state index contributed by atoms with van der Waals surface area (Å²) in [6, 6.07) is 15.3. The predicted octanol–water partition coefficient (Wildman–Crippen LogP) is 3.29. The molecule has 5 rings (SSSR count). The van der Waals surface area contributed by atoms with E-state index in [-0.39, 0.29) is 12.5 Å². The number of hydrogen-bond donors (Lipinski definition) is 6. The largest absolute Gasteiger partial charge is 0.405 e. The lowest BCUT2D eigenvalue weighted by Crippen LogP contribution is -2.25.